The maximum Gasteiger partial charge on any atom is 0.259 e. The molecule has 114 valence electrons. The molecule has 0 radical (unpaired) electrons. The van der Waals surface area contributed by atoms with Crippen molar-refractivity contribution in [1.29, 1.82) is 0 Å². The van der Waals surface area contributed by atoms with Gasteiger partial charge in [-0.1, -0.05) is 0 Å². The molecule has 2 rings (SSSR count). The van der Waals surface area contributed by atoms with Gasteiger partial charge in [0.15, 0.2) is 0 Å². The quantitative estimate of drug-likeness (QED) is 0.839. The summed E-state index contributed by atoms with van der Waals surface area (Å²) in [6, 6.07) is 3.46. The van der Waals surface area contributed by atoms with Crippen LogP contribution in [0.3, 0.4) is 0 Å². The Kier molecular flexibility index (Phi) is 5.14. The second-order valence-corrected chi connectivity index (χ2v) is 4.94. The highest BCUT2D eigenvalue weighted by Gasteiger charge is 2.23. The molecule has 0 atom stereocenters. The zero-order valence-corrected chi connectivity index (χ0v) is 12.5. The third kappa shape index (κ3) is 3.71. The van der Waals surface area contributed by atoms with Gasteiger partial charge in [0.1, 0.15) is 5.56 Å². The summed E-state index contributed by atoms with van der Waals surface area (Å²) in [7, 11) is 0. The first-order chi connectivity index (χ1) is 10.1. The highest BCUT2D eigenvalue weighted by molar-refractivity contribution is 5.96. The molecule has 1 fully saturated rings. The van der Waals surface area contributed by atoms with Gasteiger partial charge in [0, 0.05) is 39.3 Å². The summed E-state index contributed by atoms with van der Waals surface area (Å²) in [4.78, 5) is 31.7. The molecule has 2 heterocycles. The van der Waals surface area contributed by atoms with Crippen molar-refractivity contribution in [1.82, 2.24) is 14.8 Å². The van der Waals surface area contributed by atoms with Crippen molar-refractivity contribution in [2.75, 3.05) is 32.8 Å². The van der Waals surface area contributed by atoms with Gasteiger partial charge < -0.3 is 14.5 Å². The molecule has 1 saturated heterocycles. The van der Waals surface area contributed by atoms with E-state index >= 15 is 0 Å². The molecular weight excluding hydrogens is 270 g/mol. The Labute approximate surface area is 124 Å². The molecule has 21 heavy (non-hydrogen) atoms. The van der Waals surface area contributed by atoms with Gasteiger partial charge >= 0.3 is 0 Å². The average Bonchev–Trinajstić information content (AvgIpc) is 2.73. The Morgan fingerprint density at radius 2 is 1.95 bits per heavy atom. The largest absolute Gasteiger partial charge is 0.477 e. The lowest BCUT2D eigenvalue weighted by Crippen LogP contribution is -2.36. The number of pyridine rings is 1. The van der Waals surface area contributed by atoms with Crippen molar-refractivity contribution in [2.24, 2.45) is 0 Å². The monoisotopic (exact) mass is 291 g/mol. The van der Waals surface area contributed by atoms with Crippen molar-refractivity contribution < 1.29 is 14.3 Å². The van der Waals surface area contributed by atoms with Crippen LogP contribution >= 0.6 is 0 Å². The van der Waals surface area contributed by atoms with E-state index in [9.17, 15) is 9.59 Å². The van der Waals surface area contributed by atoms with Crippen LogP contribution in [0.4, 0.5) is 0 Å². The number of hydrogen-bond acceptors (Lipinski definition) is 4. The van der Waals surface area contributed by atoms with E-state index in [1.807, 2.05) is 6.92 Å². The second-order valence-electron chi connectivity index (χ2n) is 4.94. The van der Waals surface area contributed by atoms with E-state index in [0.29, 0.717) is 44.2 Å². The molecular formula is C15H21N3O3. The van der Waals surface area contributed by atoms with Crippen LogP contribution in [-0.4, -0.2) is 59.4 Å². The number of carbonyl (C=O) groups excluding carboxylic acids is 2. The fourth-order valence-corrected chi connectivity index (χ4v) is 2.41. The van der Waals surface area contributed by atoms with Gasteiger partial charge in [-0.05, 0) is 25.5 Å². The maximum atomic E-state index is 12.6. The van der Waals surface area contributed by atoms with E-state index in [4.69, 9.17) is 4.74 Å². The summed E-state index contributed by atoms with van der Waals surface area (Å²) in [5.41, 5.74) is 0.482. The molecule has 0 bridgehead atoms. The lowest BCUT2D eigenvalue weighted by molar-refractivity contribution is -0.128. The molecule has 2 amide bonds. The van der Waals surface area contributed by atoms with E-state index in [-0.39, 0.29) is 11.8 Å². The molecule has 0 aliphatic carbocycles. The average molecular weight is 291 g/mol. The predicted octanol–water partition coefficient (Wildman–Crippen LogP) is 1.17. The summed E-state index contributed by atoms with van der Waals surface area (Å²) < 4.78 is 5.42. The summed E-state index contributed by atoms with van der Waals surface area (Å²) in [6.07, 6.45) is 2.40. The summed E-state index contributed by atoms with van der Waals surface area (Å²) in [5.74, 6) is 0.343. The van der Waals surface area contributed by atoms with E-state index in [0.717, 1.165) is 6.42 Å². The highest BCUT2D eigenvalue weighted by atomic mass is 16.5. The topological polar surface area (TPSA) is 62.7 Å². The third-order valence-corrected chi connectivity index (χ3v) is 3.51. The van der Waals surface area contributed by atoms with Crippen LogP contribution < -0.4 is 4.74 Å². The number of aromatic nitrogens is 1. The Bertz CT molecular complexity index is 519. The van der Waals surface area contributed by atoms with Crippen molar-refractivity contribution >= 4 is 11.8 Å². The van der Waals surface area contributed by atoms with Crippen molar-refractivity contribution in [2.45, 2.75) is 20.3 Å². The maximum absolute atomic E-state index is 12.6. The fraction of sp³-hybridized carbons (Fsp3) is 0.533. The van der Waals surface area contributed by atoms with Gasteiger partial charge in [-0.15, -0.1) is 0 Å². The van der Waals surface area contributed by atoms with Gasteiger partial charge in [0.2, 0.25) is 11.8 Å². The molecule has 0 aromatic carbocycles. The van der Waals surface area contributed by atoms with Crippen LogP contribution in [0.15, 0.2) is 18.3 Å². The number of ether oxygens (including phenoxy) is 1. The molecule has 6 nitrogen and oxygen atoms in total. The normalized spacial score (nSPS) is 15.5. The lowest BCUT2D eigenvalue weighted by Gasteiger charge is -2.22. The van der Waals surface area contributed by atoms with E-state index in [1.165, 1.54) is 0 Å². The van der Waals surface area contributed by atoms with Gasteiger partial charge in [-0.3, -0.25) is 9.59 Å². The molecule has 0 spiro atoms. The minimum absolute atomic E-state index is 0.0562. The Morgan fingerprint density at radius 1 is 1.24 bits per heavy atom. The number of amides is 2. The summed E-state index contributed by atoms with van der Waals surface area (Å²) in [6.45, 7) is 6.35. The molecule has 0 saturated carbocycles. The van der Waals surface area contributed by atoms with Crippen molar-refractivity contribution in [3.63, 3.8) is 0 Å². The van der Waals surface area contributed by atoms with Crippen LogP contribution in [0.5, 0.6) is 5.88 Å². The van der Waals surface area contributed by atoms with Crippen molar-refractivity contribution in [3.05, 3.63) is 23.9 Å². The number of rotatable bonds is 3. The van der Waals surface area contributed by atoms with E-state index in [1.54, 1.807) is 35.1 Å². The smallest absolute Gasteiger partial charge is 0.259 e. The van der Waals surface area contributed by atoms with Crippen LogP contribution in [0, 0.1) is 0 Å². The zero-order chi connectivity index (χ0) is 15.2. The second kappa shape index (κ2) is 7.06. The van der Waals surface area contributed by atoms with Crippen molar-refractivity contribution in [3.8, 4) is 5.88 Å². The van der Waals surface area contributed by atoms with Gasteiger partial charge in [-0.25, -0.2) is 4.98 Å². The molecule has 1 aromatic heterocycles. The minimum Gasteiger partial charge on any atom is -0.477 e. The van der Waals surface area contributed by atoms with E-state index in [2.05, 4.69) is 4.98 Å². The van der Waals surface area contributed by atoms with Crippen LogP contribution in [0.1, 0.15) is 30.6 Å². The van der Waals surface area contributed by atoms with Crippen LogP contribution in [-0.2, 0) is 4.79 Å². The molecule has 0 unspecified atom stereocenters. The summed E-state index contributed by atoms with van der Waals surface area (Å²) >= 11 is 0. The third-order valence-electron chi connectivity index (χ3n) is 3.51. The molecule has 6 heteroatoms. The van der Waals surface area contributed by atoms with Gasteiger partial charge in [0.25, 0.3) is 5.91 Å². The first-order valence-electron chi connectivity index (χ1n) is 7.26. The first kappa shape index (κ1) is 15.3. The molecule has 0 N–H and O–H groups in total. The highest BCUT2D eigenvalue weighted by Crippen LogP contribution is 2.18. The van der Waals surface area contributed by atoms with E-state index < -0.39 is 0 Å². The number of hydrogen-bond donors (Lipinski definition) is 0. The standard InChI is InChI=1S/C15H21N3O3/c1-3-21-14-13(6-4-7-16-14)15(20)18-9-5-8-17(10-11-18)12(2)19/h4,6-7H,3,5,8-11H2,1-2H3. The Morgan fingerprint density at radius 3 is 2.67 bits per heavy atom. The Balaban J connectivity index is 2.11. The molecule has 1 aliphatic rings. The Hall–Kier alpha value is -2.11. The van der Waals surface area contributed by atoms with Gasteiger partial charge in [0.05, 0.1) is 6.61 Å². The van der Waals surface area contributed by atoms with Gasteiger partial charge in [-0.2, -0.15) is 0 Å². The summed E-state index contributed by atoms with van der Waals surface area (Å²) in [5, 5.41) is 0. The van der Waals surface area contributed by atoms with Crippen LogP contribution in [0.25, 0.3) is 0 Å². The zero-order valence-electron chi connectivity index (χ0n) is 12.5. The number of carbonyl (C=O) groups is 2. The SMILES string of the molecule is CCOc1ncccc1C(=O)N1CCCN(C(C)=O)CC1. The number of nitrogens with zero attached hydrogens (tertiary/aromatic N) is 3. The fourth-order valence-electron chi connectivity index (χ4n) is 2.41. The minimum atomic E-state index is -0.0862. The lowest BCUT2D eigenvalue weighted by atomic mass is 10.2. The first-order valence-corrected chi connectivity index (χ1v) is 7.26. The van der Waals surface area contributed by atoms with Crippen LogP contribution in [0.2, 0.25) is 0 Å². The predicted molar refractivity (Wildman–Crippen MR) is 78.2 cm³/mol. The molecule has 1 aromatic rings. The molecule has 1 aliphatic heterocycles.